The lowest BCUT2D eigenvalue weighted by atomic mass is 10.1. The van der Waals surface area contributed by atoms with Crippen molar-refractivity contribution in [2.24, 2.45) is 0 Å². The fraction of sp³-hybridized carbons (Fsp3) is 0.389. The number of hydrogen-bond acceptors (Lipinski definition) is 5. The zero-order valence-electron chi connectivity index (χ0n) is 15.1. The number of anilines is 1. The Morgan fingerprint density at radius 3 is 2.62 bits per heavy atom. The number of aryl methyl sites for hydroxylation is 1. The predicted molar refractivity (Wildman–Crippen MR) is 106 cm³/mol. The van der Waals surface area contributed by atoms with Crippen LogP contribution in [-0.2, 0) is 6.42 Å². The van der Waals surface area contributed by atoms with E-state index in [9.17, 15) is 4.79 Å². The van der Waals surface area contributed by atoms with Crippen molar-refractivity contribution in [3.8, 4) is 0 Å². The molecule has 0 saturated heterocycles. The Morgan fingerprint density at radius 2 is 1.92 bits per heavy atom. The van der Waals surface area contributed by atoms with Crippen LogP contribution in [0, 0.1) is 6.92 Å². The second-order valence-electron chi connectivity index (χ2n) is 6.16. The molecule has 0 unspecified atom stereocenters. The molecule has 0 saturated carbocycles. The Hall–Kier alpha value is -1.89. The number of aromatic nitrogens is 2. The minimum absolute atomic E-state index is 0.240. The first-order valence-electron chi connectivity index (χ1n) is 8.31. The van der Waals surface area contributed by atoms with Crippen LogP contribution in [0.25, 0.3) is 0 Å². The number of carbonyl (C=O) groups excluding carboxylic acids is 1. The standard InChI is InChI=1S/C18H23Cl2N5O/c1-12-23-16(11-17(24-12)21-8-9-25(2)3)18(26)22-7-6-13-4-5-14(19)10-15(13)20/h4-5,10-11H,6-9H2,1-3H3,(H,22,26)(H,21,23,24). The van der Waals surface area contributed by atoms with Gasteiger partial charge in [-0.2, -0.15) is 0 Å². The summed E-state index contributed by atoms with van der Waals surface area (Å²) in [6, 6.07) is 7.00. The summed E-state index contributed by atoms with van der Waals surface area (Å²) in [5, 5.41) is 7.25. The van der Waals surface area contributed by atoms with Crippen LogP contribution in [0.5, 0.6) is 0 Å². The highest BCUT2D eigenvalue weighted by molar-refractivity contribution is 6.35. The molecular formula is C18H23Cl2N5O. The number of halogens is 2. The maximum Gasteiger partial charge on any atom is 0.270 e. The first-order chi connectivity index (χ1) is 12.3. The van der Waals surface area contributed by atoms with Gasteiger partial charge in [0.25, 0.3) is 5.91 Å². The van der Waals surface area contributed by atoms with Crippen molar-refractivity contribution in [3.63, 3.8) is 0 Å². The van der Waals surface area contributed by atoms with Crippen LogP contribution in [0.15, 0.2) is 24.3 Å². The Bertz CT molecular complexity index is 767. The van der Waals surface area contributed by atoms with Gasteiger partial charge in [-0.1, -0.05) is 29.3 Å². The van der Waals surface area contributed by atoms with Gasteiger partial charge in [0.2, 0.25) is 0 Å². The third kappa shape index (κ3) is 6.44. The number of nitrogens with one attached hydrogen (secondary N) is 2. The van der Waals surface area contributed by atoms with Gasteiger partial charge in [-0.15, -0.1) is 0 Å². The topological polar surface area (TPSA) is 70.2 Å². The van der Waals surface area contributed by atoms with E-state index in [4.69, 9.17) is 23.2 Å². The Labute approximate surface area is 163 Å². The lowest BCUT2D eigenvalue weighted by molar-refractivity contribution is 0.0949. The van der Waals surface area contributed by atoms with Gasteiger partial charge in [-0.05, 0) is 45.1 Å². The molecule has 2 N–H and O–H groups in total. The van der Waals surface area contributed by atoms with Crippen molar-refractivity contribution in [1.82, 2.24) is 20.2 Å². The first-order valence-corrected chi connectivity index (χ1v) is 9.07. The molecule has 1 aromatic carbocycles. The summed E-state index contributed by atoms with van der Waals surface area (Å²) in [7, 11) is 4.00. The van der Waals surface area contributed by atoms with E-state index in [0.29, 0.717) is 40.3 Å². The average Bonchev–Trinajstić information content (AvgIpc) is 2.56. The molecule has 0 aliphatic carbocycles. The fourth-order valence-corrected chi connectivity index (χ4v) is 2.81. The van der Waals surface area contributed by atoms with Crippen LogP contribution in [-0.4, -0.2) is 54.5 Å². The Morgan fingerprint density at radius 1 is 1.15 bits per heavy atom. The van der Waals surface area contributed by atoms with E-state index < -0.39 is 0 Å². The van der Waals surface area contributed by atoms with Crippen molar-refractivity contribution in [3.05, 3.63) is 51.4 Å². The molecule has 0 bridgehead atoms. The van der Waals surface area contributed by atoms with Gasteiger partial charge < -0.3 is 15.5 Å². The summed E-state index contributed by atoms with van der Waals surface area (Å²) in [5.74, 6) is 0.951. The highest BCUT2D eigenvalue weighted by Crippen LogP contribution is 2.21. The van der Waals surface area contributed by atoms with E-state index in [2.05, 4.69) is 25.5 Å². The second kappa shape index (κ2) is 9.71. The molecule has 0 fully saturated rings. The molecule has 0 aliphatic rings. The van der Waals surface area contributed by atoms with E-state index in [-0.39, 0.29) is 5.91 Å². The summed E-state index contributed by atoms with van der Waals surface area (Å²) < 4.78 is 0. The Kier molecular flexibility index (Phi) is 7.63. The minimum atomic E-state index is -0.240. The molecule has 1 aromatic heterocycles. The van der Waals surface area contributed by atoms with Crippen molar-refractivity contribution < 1.29 is 4.79 Å². The van der Waals surface area contributed by atoms with Crippen molar-refractivity contribution in [2.45, 2.75) is 13.3 Å². The predicted octanol–water partition coefficient (Wildman–Crippen LogP) is 3.04. The van der Waals surface area contributed by atoms with Crippen molar-refractivity contribution >= 4 is 34.9 Å². The van der Waals surface area contributed by atoms with Crippen LogP contribution in [0.4, 0.5) is 5.82 Å². The van der Waals surface area contributed by atoms with E-state index in [1.54, 1.807) is 25.1 Å². The zero-order chi connectivity index (χ0) is 19.1. The number of carbonyl (C=O) groups is 1. The molecule has 8 heteroatoms. The smallest absolute Gasteiger partial charge is 0.270 e. The third-order valence-electron chi connectivity index (χ3n) is 3.63. The van der Waals surface area contributed by atoms with Gasteiger partial charge in [0, 0.05) is 35.7 Å². The van der Waals surface area contributed by atoms with Crippen molar-refractivity contribution in [2.75, 3.05) is 39.0 Å². The number of amides is 1. The number of rotatable bonds is 8. The average molecular weight is 396 g/mol. The van der Waals surface area contributed by atoms with Crippen molar-refractivity contribution in [1.29, 1.82) is 0 Å². The normalized spacial score (nSPS) is 10.8. The van der Waals surface area contributed by atoms with Gasteiger partial charge >= 0.3 is 0 Å². The minimum Gasteiger partial charge on any atom is -0.369 e. The number of likely N-dealkylation sites (N-methyl/N-ethyl adjacent to an activating group) is 1. The zero-order valence-corrected chi connectivity index (χ0v) is 16.7. The summed E-state index contributed by atoms with van der Waals surface area (Å²) in [6.45, 7) is 3.82. The molecular weight excluding hydrogens is 373 g/mol. The van der Waals surface area contributed by atoms with E-state index in [0.717, 1.165) is 18.7 Å². The van der Waals surface area contributed by atoms with Gasteiger partial charge in [0.05, 0.1) is 0 Å². The molecule has 0 aliphatic heterocycles. The molecule has 0 spiro atoms. The van der Waals surface area contributed by atoms with Gasteiger partial charge in [-0.3, -0.25) is 4.79 Å². The van der Waals surface area contributed by atoms with E-state index >= 15 is 0 Å². The molecule has 140 valence electrons. The first kappa shape index (κ1) is 20.4. The van der Waals surface area contributed by atoms with E-state index in [1.807, 2.05) is 20.2 Å². The maximum absolute atomic E-state index is 12.4. The summed E-state index contributed by atoms with van der Waals surface area (Å²) >= 11 is 12.0. The highest BCUT2D eigenvalue weighted by Gasteiger charge is 2.11. The quantitative estimate of drug-likeness (QED) is 0.718. The SMILES string of the molecule is Cc1nc(NCCN(C)C)cc(C(=O)NCCc2ccc(Cl)cc2Cl)n1. The summed E-state index contributed by atoms with van der Waals surface area (Å²) in [6.07, 6.45) is 0.611. The molecule has 2 rings (SSSR count). The number of nitrogens with zero attached hydrogens (tertiary/aromatic N) is 3. The summed E-state index contributed by atoms with van der Waals surface area (Å²) in [5.41, 5.74) is 1.27. The number of benzene rings is 1. The van der Waals surface area contributed by atoms with Crippen LogP contribution in [0.1, 0.15) is 21.9 Å². The van der Waals surface area contributed by atoms with Gasteiger partial charge in [-0.25, -0.2) is 9.97 Å². The highest BCUT2D eigenvalue weighted by atomic mass is 35.5. The van der Waals surface area contributed by atoms with Crippen LogP contribution in [0.3, 0.4) is 0 Å². The van der Waals surface area contributed by atoms with Crippen LogP contribution < -0.4 is 10.6 Å². The summed E-state index contributed by atoms with van der Waals surface area (Å²) in [4.78, 5) is 23.0. The Balaban J connectivity index is 1.92. The lowest BCUT2D eigenvalue weighted by Crippen LogP contribution is -2.27. The van der Waals surface area contributed by atoms with Gasteiger partial charge in [0.1, 0.15) is 17.3 Å². The second-order valence-corrected chi connectivity index (χ2v) is 7.00. The van der Waals surface area contributed by atoms with E-state index in [1.165, 1.54) is 0 Å². The van der Waals surface area contributed by atoms with Gasteiger partial charge in [0.15, 0.2) is 0 Å². The monoisotopic (exact) mass is 395 g/mol. The number of hydrogen-bond donors (Lipinski definition) is 2. The fourth-order valence-electron chi connectivity index (χ4n) is 2.31. The van der Waals surface area contributed by atoms with Crippen LogP contribution in [0.2, 0.25) is 10.0 Å². The third-order valence-corrected chi connectivity index (χ3v) is 4.22. The largest absolute Gasteiger partial charge is 0.369 e. The molecule has 2 aromatic rings. The molecule has 0 atom stereocenters. The molecule has 26 heavy (non-hydrogen) atoms. The molecule has 0 radical (unpaired) electrons. The lowest BCUT2D eigenvalue weighted by Gasteiger charge is -2.12. The molecule has 6 nitrogen and oxygen atoms in total. The maximum atomic E-state index is 12.4. The molecule has 1 amide bonds. The van der Waals surface area contributed by atoms with Crippen LogP contribution >= 0.6 is 23.2 Å². The molecule has 1 heterocycles.